The summed E-state index contributed by atoms with van der Waals surface area (Å²) in [6.07, 6.45) is 6.16. The number of hydrogen-bond donors (Lipinski definition) is 0. The Balaban J connectivity index is 1.83. The minimum absolute atomic E-state index is 0.151. The number of aryl methyl sites for hydroxylation is 2. The number of ketones is 1. The van der Waals surface area contributed by atoms with E-state index in [1.165, 1.54) is 39.8 Å². The highest BCUT2D eigenvalue weighted by Crippen LogP contribution is 2.62. The average Bonchev–Trinajstić information content (AvgIpc) is 3.17. The molecule has 24 heavy (non-hydrogen) atoms. The summed E-state index contributed by atoms with van der Waals surface area (Å²) in [5, 5.41) is 0. The van der Waals surface area contributed by atoms with Crippen molar-refractivity contribution in [2.75, 3.05) is 0 Å². The summed E-state index contributed by atoms with van der Waals surface area (Å²) in [6, 6.07) is 11.2. The van der Waals surface area contributed by atoms with Gasteiger partial charge in [-0.3, -0.25) is 4.79 Å². The molecule has 120 valence electrons. The maximum atomic E-state index is 11.9. The molecule has 0 N–H and O–H groups in total. The molecule has 0 spiro atoms. The number of rotatable bonds is 1. The second kappa shape index (κ2) is 4.69. The van der Waals surface area contributed by atoms with Crippen LogP contribution in [0.25, 0.3) is 11.1 Å². The van der Waals surface area contributed by atoms with Crippen LogP contribution < -0.4 is 0 Å². The van der Waals surface area contributed by atoms with Gasteiger partial charge in [-0.05, 0) is 90.3 Å². The number of carbonyl (C=O) groups is 1. The van der Waals surface area contributed by atoms with Gasteiger partial charge in [0.25, 0.3) is 0 Å². The predicted molar refractivity (Wildman–Crippen MR) is 97.6 cm³/mol. The van der Waals surface area contributed by atoms with Crippen LogP contribution in [0.5, 0.6) is 0 Å². The van der Waals surface area contributed by atoms with E-state index in [9.17, 15) is 4.79 Å². The van der Waals surface area contributed by atoms with Gasteiger partial charge in [0.2, 0.25) is 0 Å². The summed E-state index contributed by atoms with van der Waals surface area (Å²) in [7, 11) is 0. The average molecular weight is 314 g/mol. The van der Waals surface area contributed by atoms with E-state index < -0.39 is 0 Å². The Kier molecular flexibility index (Phi) is 2.78. The van der Waals surface area contributed by atoms with E-state index in [0.717, 1.165) is 5.56 Å². The van der Waals surface area contributed by atoms with Crippen LogP contribution in [0.4, 0.5) is 0 Å². The standard InChI is InChI=1S/C23H22O/c1-12-8-19-20-11-15(14(3)24)6-7-18(20)22-16-4-5-17(10-16)23(22)21(19)9-13(12)2/h4-9,11,16-17,22-23H,10H2,1-3H3. The first kappa shape index (κ1) is 14.2. The molecule has 3 aliphatic carbocycles. The van der Waals surface area contributed by atoms with E-state index in [-0.39, 0.29) is 5.78 Å². The van der Waals surface area contributed by atoms with Crippen molar-refractivity contribution in [3.05, 3.63) is 70.3 Å². The molecule has 1 heteroatoms. The van der Waals surface area contributed by atoms with Crippen molar-refractivity contribution in [2.45, 2.75) is 39.0 Å². The van der Waals surface area contributed by atoms with E-state index in [2.05, 4.69) is 50.3 Å². The van der Waals surface area contributed by atoms with Crippen LogP contribution in [0.2, 0.25) is 0 Å². The van der Waals surface area contributed by atoms with Crippen LogP contribution in [-0.2, 0) is 0 Å². The first-order chi connectivity index (χ1) is 11.5. The molecule has 0 aliphatic heterocycles. The first-order valence-electron chi connectivity index (χ1n) is 8.99. The number of carbonyl (C=O) groups excluding carboxylic acids is 1. The van der Waals surface area contributed by atoms with Crippen molar-refractivity contribution in [3.63, 3.8) is 0 Å². The van der Waals surface area contributed by atoms with Crippen LogP contribution in [0.3, 0.4) is 0 Å². The maximum absolute atomic E-state index is 11.9. The Hall–Kier alpha value is -2.15. The Bertz CT molecular complexity index is 918. The number of fused-ring (bicyclic) bond motifs is 10. The Morgan fingerprint density at radius 1 is 0.875 bits per heavy atom. The molecule has 1 fully saturated rings. The Morgan fingerprint density at radius 2 is 1.50 bits per heavy atom. The summed E-state index contributed by atoms with van der Waals surface area (Å²) < 4.78 is 0. The lowest BCUT2D eigenvalue weighted by molar-refractivity contribution is 0.101. The van der Waals surface area contributed by atoms with Gasteiger partial charge in [-0.25, -0.2) is 0 Å². The zero-order chi connectivity index (χ0) is 16.6. The minimum atomic E-state index is 0.151. The molecular formula is C23H22O. The highest BCUT2D eigenvalue weighted by Gasteiger charge is 2.49. The predicted octanol–water partition coefficient (Wildman–Crippen LogP) is 5.56. The van der Waals surface area contributed by atoms with Gasteiger partial charge in [-0.1, -0.05) is 36.4 Å². The van der Waals surface area contributed by atoms with Gasteiger partial charge < -0.3 is 0 Å². The van der Waals surface area contributed by atoms with Gasteiger partial charge in [0, 0.05) is 5.56 Å². The summed E-state index contributed by atoms with van der Waals surface area (Å²) >= 11 is 0. The second-order valence-corrected chi connectivity index (χ2v) is 7.88. The third kappa shape index (κ3) is 1.73. The van der Waals surface area contributed by atoms with Crippen molar-refractivity contribution in [2.24, 2.45) is 11.8 Å². The summed E-state index contributed by atoms with van der Waals surface area (Å²) in [6.45, 7) is 6.07. The van der Waals surface area contributed by atoms with Crippen LogP contribution in [-0.4, -0.2) is 5.78 Å². The minimum Gasteiger partial charge on any atom is -0.295 e. The number of hydrogen-bond acceptors (Lipinski definition) is 1. The molecule has 2 aromatic rings. The second-order valence-electron chi connectivity index (χ2n) is 7.88. The normalized spacial score (nSPS) is 28.5. The van der Waals surface area contributed by atoms with Crippen LogP contribution in [0.15, 0.2) is 42.5 Å². The van der Waals surface area contributed by atoms with Gasteiger partial charge in [0.05, 0.1) is 0 Å². The molecule has 0 radical (unpaired) electrons. The molecular weight excluding hydrogens is 292 g/mol. The van der Waals surface area contributed by atoms with Gasteiger partial charge in [0.1, 0.15) is 0 Å². The van der Waals surface area contributed by atoms with E-state index in [1.54, 1.807) is 6.92 Å². The van der Waals surface area contributed by atoms with Gasteiger partial charge in [-0.2, -0.15) is 0 Å². The summed E-state index contributed by atoms with van der Waals surface area (Å²) in [5.74, 6) is 2.70. The largest absolute Gasteiger partial charge is 0.295 e. The smallest absolute Gasteiger partial charge is 0.159 e. The van der Waals surface area contributed by atoms with E-state index in [4.69, 9.17) is 0 Å². The summed E-state index contributed by atoms with van der Waals surface area (Å²) in [5.41, 5.74) is 9.16. The van der Waals surface area contributed by atoms with Crippen LogP contribution >= 0.6 is 0 Å². The van der Waals surface area contributed by atoms with Crippen molar-refractivity contribution in [3.8, 4) is 11.1 Å². The number of allylic oxidation sites excluding steroid dienone is 2. The lowest BCUT2D eigenvalue weighted by Crippen LogP contribution is -2.22. The Labute approximate surface area is 143 Å². The quantitative estimate of drug-likeness (QED) is 0.497. The third-order valence-electron chi connectivity index (χ3n) is 6.59. The molecule has 0 saturated heterocycles. The van der Waals surface area contributed by atoms with Crippen molar-refractivity contribution in [1.29, 1.82) is 0 Å². The molecule has 4 atom stereocenters. The molecule has 1 saturated carbocycles. The molecule has 0 heterocycles. The highest BCUT2D eigenvalue weighted by molar-refractivity contribution is 5.96. The number of benzene rings is 2. The van der Waals surface area contributed by atoms with Crippen molar-refractivity contribution >= 4 is 5.78 Å². The van der Waals surface area contributed by atoms with Gasteiger partial charge in [-0.15, -0.1) is 0 Å². The zero-order valence-corrected chi connectivity index (χ0v) is 14.5. The fourth-order valence-corrected chi connectivity index (χ4v) is 5.32. The monoisotopic (exact) mass is 314 g/mol. The topological polar surface area (TPSA) is 17.1 Å². The molecule has 3 aliphatic rings. The van der Waals surface area contributed by atoms with Crippen molar-refractivity contribution in [1.82, 2.24) is 0 Å². The van der Waals surface area contributed by atoms with Crippen molar-refractivity contribution < 1.29 is 4.79 Å². The third-order valence-corrected chi connectivity index (χ3v) is 6.59. The lowest BCUT2D eigenvalue weighted by Gasteiger charge is -2.37. The Morgan fingerprint density at radius 3 is 2.21 bits per heavy atom. The van der Waals surface area contributed by atoms with Gasteiger partial charge in [0.15, 0.2) is 5.78 Å². The molecule has 0 aromatic heterocycles. The van der Waals surface area contributed by atoms with E-state index >= 15 is 0 Å². The van der Waals surface area contributed by atoms with E-state index in [1.807, 2.05) is 6.07 Å². The fraction of sp³-hybridized carbons (Fsp3) is 0.348. The maximum Gasteiger partial charge on any atom is 0.159 e. The van der Waals surface area contributed by atoms with Crippen LogP contribution in [0.1, 0.15) is 57.8 Å². The zero-order valence-electron chi connectivity index (χ0n) is 14.5. The first-order valence-corrected chi connectivity index (χ1v) is 8.99. The fourth-order valence-electron chi connectivity index (χ4n) is 5.32. The summed E-state index contributed by atoms with van der Waals surface area (Å²) in [4.78, 5) is 11.9. The molecule has 4 unspecified atom stereocenters. The number of Topliss-reactive ketones (excluding diaryl/α,β-unsaturated/α-hetero) is 1. The molecule has 2 aromatic carbocycles. The molecule has 2 bridgehead atoms. The SMILES string of the molecule is CC(=O)c1ccc2c(c1)-c1cc(C)c(C)cc1C1C3C=CC(C3)C21. The molecule has 0 amide bonds. The van der Waals surface area contributed by atoms with E-state index in [0.29, 0.717) is 23.7 Å². The van der Waals surface area contributed by atoms with Gasteiger partial charge >= 0.3 is 0 Å². The van der Waals surface area contributed by atoms with Crippen LogP contribution in [0, 0.1) is 25.7 Å². The lowest BCUT2D eigenvalue weighted by atomic mass is 9.66. The highest BCUT2D eigenvalue weighted by atomic mass is 16.1. The molecule has 1 nitrogen and oxygen atoms in total. The molecule has 5 rings (SSSR count).